The second-order valence-electron chi connectivity index (χ2n) is 4.35. The van der Waals surface area contributed by atoms with Gasteiger partial charge in [-0.2, -0.15) is 0 Å². The average molecular weight is 368 g/mol. The van der Waals surface area contributed by atoms with Gasteiger partial charge < -0.3 is 43.7 Å². The van der Waals surface area contributed by atoms with Gasteiger partial charge in [-0.15, -0.1) is 0 Å². The first-order chi connectivity index (χ1) is 12.3. The normalized spacial score (nSPS) is 11.4. The smallest absolute Gasteiger partial charge is 0.377 e. The Hall–Kier alpha value is -1.43. The van der Waals surface area contributed by atoms with E-state index in [1.165, 1.54) is 0 Å². The van der Waals surface area contributed by atoms with Gasteiger partial charge in [-0.3, -0.25) is 0 Å². The van der Waals surface area contributed by atoms with Gasteiger partial charge in [0.15, 0.2) is 0 Å². The highest BCUT2D eigenvalue weighted by atomic mass is 16.6. The van der Waals surface area contributed by atoms with Crippen molar-refractivity contribution in [3.63, 3.8) is 0 Å². The van der Waals surface area contributed by atoms with Crippen molar-refractivity contribution in [3.8, 4) is 0 Å². The fourth-order valence-electron chi connectivity index (χ4n) is 1.36. The van der Waals surface area contributed by atoms with Crippen molar-refractivity contribution in [2.24, 2.45) is 0 Å². The van der Waals surface area contributed by atoms with Crippen LogP contribution in [0, 0.1) is 0 Å². The van der Waals surface area contributed by atoms with E-state index in [1.807, 2.05) is 0 Å². The predicted molar refractivity (Wildman–Crippen MR) is 84.7 cm³/mol. The van der Waals surface area contributed by atoms with E-state index in [0.717, 1.165) is 6.26 Å². The zero-order chi connectivity index (χ0) is 18.6. The Bertz CT molecular complexity index is 334. The number of aliphatic hydroxyl groups is 3. The number of aliphatic hydroxyl groups excluding tert-OH is 3. The van der Waals surface area contributed by atoms with Crippen molar-refractivity contribution in [3.05, 3.63) is 12.0 Å². The summed E-state index contributed by atoms with van der Waals surface area (Å²) in [6.07, 6.45) is 1.12. The largest absolute Gasteiger partial charge is 0.495 e. The van der Waals surface area contributed by atoms with E-state index in [9.17, 15) is 4.79 Å². The summed E-state index contributed by atoms with van der Waals surface area (Å²) in [7, 11) is 0. The number of esters is 1. The molecule has 0 amide bonds. The van der Waals surface area contributed by atoms with Crippen molar-refractivity contribution in [1.29, 1.82) is 0 Å². The van der Waals surface area contributed by atoms with Gasteiger partial charge in [-0.1, -0.05) is 0 Å². The summed E-state index contributed by atoms with van der Waals surface area (Å²) in [5, 5.41) is 25.7. The van der Waals surface area contributed by atoms with Crippen LogP contribution in [0.2, 0.25) is 0 Å². The second-order valence-corrected chi connectivity index (χ2v) is 4.35. The highest BCUT2D eigenvalue weighted by molar-refractivity contribution is 5.85. The summed E-state index contributed by atoms with van der Waals surface area (Å²) in [4.78, 5) is 11.9. The molecule has 0 aliphatic heterocycles. The van der Waals surface area contributed by atoms with Gasteiger partial charge in [0.25, 0.3) is 0 Å². The Morgan fingerprint density at radius 1 is 0.640 bits per heavy atom. The molecule has 148 valence electrons. The molecule has 0 aromatic rings. The van der Waals surface area contributed by atoms with Crippen LogP contribution in [0.4, 0.5) is 0 Å². The van der Waals surface area contributed by atoms with Crippen LogP contribution in [0.15, 0.2) is 12.0 Å². The van der Waals surface area contributed by atoms with Crippen molar-refractivity contribution in [1.82, 2.24) is 0 Å². The monoisotopic (exact) mass is 368 g/mol. The van der Waals surface area contributed by atoms with Crippen LogP contribution in [0.1, 0.15) is 0 Å². The number of rotatable bonds is 18. The third-order valence-corrected chi connectivity index (χ3v) is 2.39. The summed E-state index contributed by atoms with van der Waals surface area (Å²) in [5.41, 5.74) is 0. The van der Waals surface area contributed by atoms with E-state index < -0.39 is 5.97 Å². The van der Waals surface area contributed by atoms with Gasteiger partial charge in [-0.25, -0.2) is 4.79 Å². The molecule has 0 saturated carbocycles. The highest BCUT2D eigenvalue weighted by Gasteiger charge is 2.13. The van der Waals surface area contributed by atoms with Crippen LogP contribution in [0.25, 0.3) is 0 Å². The van der Waals surface area contributed by atoms with Gasteiger partial charge in [0.1, 0.15) is 26.1 Å². The Kier molecular flexibility index (Phi) is 17.8. The highest BCUT2D eigenvalue weighted by Crippen LogP contribution is 2.02. The van der Waals surface area contributed by atoms with Crippen molar-refractivity contribution in [2.45, 2.75) is 0 Å². The average Bonchev–Trinajstić information content (AvgIpc) is 2.62. The quantitative estimate of drug-likeness (QED) is 0.113. The van der Waals surface area contributed by atoms with E-state index >= 15 is 0 Å². The molecule has 0 unspecified atom stereocenters. The summed E-state index contributed by atoms with van der Waals surface area (Å²) in [5.74, 6) is -0.872. The molecule has 0 rings (SSSR count). The lowest BCUT2D eigenvalue weighted by Gasteiger charge is -2.11. The molecule has 0 spiro atoms. The molecular formula is C15H28O10. The topological polar surface area (TPSA) is 133 Å². The third kappa shape index (κ3) is 15.8. The fraction of sp³-hybridized carbons (Fsp3) is 0.800. The molecule has 0 fully saturated rings. The van der Waals surface area contributed by atoms with Crippen LogP contribution in [0.5, 0.6) is 0 Å². The SMILES string of the molecule is O=C(OCCOCCO)C(=COCCOCCO)OCCOCCO. The zero-order valence-electron chi connectivity index (χ0n) is 14.3. The van der Waals surface area contributed by atoms with Crippen molar-refractivity contribution in [2.75, 3.05) is 79.3 Å². The Morgan fingerprint density at radius 2 is 1.12 bits per heavy atom. The molecule has 0 aliphatic carbocycles. The minimum absolute atomic E-state index is 0.000156. The molecule has 0 saturated heterocycles. The number of carbonyl (C=O) groups is 1. The van der Waals surface area contributed by atoms with Gasteiger partial charge >= 0.3 is 5.97 Å². The second kappa shape index (κ2) is 18.9. The van der Waals surface area contributed by atoms with Gasteiger partial charge in [0, 0.05) is 0 Å². The maximum Gasteiger partial charge on any atom is 0.377 e. The first-order valence-corrected chi connectivity index (χ1v) is 7.93. The number of ether oxygens (including phenoxy) is 6. The molecule has 0 aliphatic rings. The summed E-state index contributed by atoms with van der Waals surface area (Å²) >= 11 is 0. The molecule has 0 aromatic heterocycles. The van der Waals surface area contributed by atoms with Crippen LogP contribution in [-0.4, -0.2) is 101 Å². The van der Waals surface area contributed by atoms with E-state index in [0.29, 0.717) is 0 Å². The van der Waals surface area contributed by atoms with Crippen LogP contribution >= 0.6 is 0 Å². The molecule has 10 heteroatoms. The molecule has 10 nitrogen and oxygen atoms in total. The minimum atomic E-state index is -0.731. The first kappa shape index (κ1) is 23.6. The maximum absolute atomic E-state index is 11.9. The molecule has 3 N–H and O–H groups in total. The summed E-state index contributed by atoms with van der Waals surface area (Å²) in [6, 6.07) is 0. The fourth-order valence-corrected chi connectivity index (χ4v) is 1.36. The molecule has 0 radical (unpaired) electrons. The van der Waals surface area contributed by atoms with Crippen LogP contribution < -0.4 is 0 Å². The Labute approximate surface area is 146 Å². The number of carbonyl (C=O) groups excluding carboxylic acids is 1. The minimum Gasteiger partial charge on any atom is -0.495 e. The molecule has 25 heavy (non-hydrogen) atoms. The van der Waals surface area contributed by atoms with Crippen LogP contribution in [-0.2, 0) is 33.2 Å². The van der Waals surface area contributed by atoms with Gasteiger partial charge in [-0.05, 0) is 0 Å². The lowest BCUT2D eigenvalue weighted by atomic mass is 10.5. The summed E-state index contributed by atoms with van der Waals surface area (Å²) < 4.78 is 30.4. The Balaban J connectivity index is 4.17. The molecule has 0 aromatic carbocycles. The predicted octanol–water partition coefficient (Wildman–Crippen LogP) is -1.57. The standard InChI is InChI=1S/C15H28O10/c16-1-4-20-7-8-23-13-14(24-11-9-21-5-2-17)15(19)25-12-10-22-6-3-18/h13,16-18H,1-12H2. The van der Waals surface area contributed by atoms with E-state index in [4.69, 9.17) is 43.7 Å². The zero-order valence-corrected chi connectivity index (χ0v) is 14.3. The summed E-state index contributed by atoms with van der Waals surface area (Å²) in [6.45, 7) is 1.07. The van der Waals surface area contributed by atoms with E-state index in [2.05, 4.69) is 0 Å². The lowest BCUT2D eigenvalue weighted by molar-refractivity contribution is -0.145. The van der Waals surface area contributed by atoms with E-state index in [1.54, 1.807) is 0 Å². The van der Waals surface area contributed by atoms with Gasteiger partial charge in [0.05, 0.1) is 59.5 Å². The molecule has 0 heterocycles. The Morgan fingerprint density at radius 3 is 1.64 bits per heavy atom. The maximum atomic E-state index is 11.9. The number of hydrogen-bond acceptors (Lipinski definition) is 10. The van der Waals surface area contributed by atoms with Crippen LogP contribution in [0.3, 0.4) is 0 Å². The lowest BCUT2D eigenvalue weighted by Crippen LogP contribution is -2.17. The molecule has 0 atom stereocenters. The van der Waals surface area contributed by atoms with E-state index in [-0.39, 0.29) is 85.0 Å². The molecular weight excluding hydrogens is 340 g/mol. The van der Waals surface area contributed by atoms with Crippen molar-refractivity contribution >= 4 is 5.97 Å². The number of hydrogen-bond donors (Lipinski definition) is 3. The van der Waals surface area contributed by atoms with Gasteiger partial charge in [0.2, 0.25) is 5.76 Å². The van der Waals surface area contributed by atoms with Crippen molar-refractivity contribution < 1.29 is 48.5 Å². The third-order valence-electron chi connectivity index (χ3n) is 2.39. The molecule has 0 bridgehead atoms. The first-order valence-electron chi connectivity index (χ1n) is 7.93.